The number of benzene rings is 1. The third kappa shape index (κ3) is 3.90. The molecule has 4 rings (SSSR count). The first-order valence-corrected chi connectivity index (χ1v) is 10.2. The minimum atomic E-state index is -0.143. The predicted octanol–water partition coefficient (Wildman–Crippen LogP) is 3.92. The van der Waals surface area contributed by atoms with Crippen molar-refractivity contribution in [3.8, 4) is 0 Å². The second-order valence-corrected chi connectivity index (χ2v) is 8.44. The number of aromatic nitrogens is 2. The fraction of sp³-hybridized carbons (Fsp3) is 0.381. The number of amides is 1. The van der Waals surface area contributed by atoms with Gasteiger partial charge in [0.2, 0.25) is 5.91 Å². The summed E-state index contributed by atoms with van der Waals surface area (Å²) in [4.78, 5) is 31.1. The minimum absolute atomic E-state index is 0.0426. The van der Waals surface area contributed by atoms with Crippen LogP contribution in [-0.4, -0.2) is 27.4 Å². The van der Waals surface area contributed by atoms with Crippen LogP contribution in [0, 0.1) is 5.92 Å². The Morgan fingerprint density at radius 1 is 1.36 bits per heavy atom. The molecule has 0 aliphatic heterocycles. The standard InChI is InChI=1S/C21H22BrN3O3/c1-13-9-16(13)19-6-4-15(28-19)11-24(2)20(26)7-8-25-12-23-18-5-3-14(22)10-17(18)21(25)27/h3-6,10,12-13,16H,7-9,11H2,1-2H3. The zero-order valence-electron chi connectivity index (χ0n) is 15.9. The molecule has 146 valence electrons. The highest BCUT2D eigenvalue weighted by atomic mass is 79.9. The van der Waals surface area contributed by atoms with E-state index in [2.05, 4.69) is 27.8 Å². The third-order valence-corrected chi connectivity index (χ3v) is 5.82. The number of hydrogen-bond donors (Lipinski definition) is 0. The van der Waals surface area contributed by atoms with E-state index in [1.165, 1.54) is 17.3 Å². The van der Waals surface area contributed by atoms with Crippen molar-refractivity contribution in [2.75, 3.05) is 7.05 Å². The first-order valence-electron chi connectivity index (χ1n) is 9.39. The molecule has 1 amide bonds. The molecule has 2 heterocycles. The molecule has 7 heteroatoms. The number of aryl methyl sites for hydroxylation is 1. The molecule has 0 radical (unpaired) electrons. The van der Waals surface area contributed by atoms with Crippen LogP contribution in [0.15, 0.2) is 50.3 Å². The van der Waals surface area contributed by atoms with Gasteiger partial charge in [-0.15, -0.1) is 0 Å². The summed E-state index contributed by atoms with van der Waals surface area (Å²) < 4.78 is 8.19. The van der Waals surface area contributed by atoms with Gasteiger partial charge < -0.3 is 9.32 Å². The van der Waals surface area contributed by atoms with Crippen LogP contribution in [0.4, 0.5) is 0 Å². The molecule has 2 aromatic heterocycles. The summed E-state index contributed by atoms with van der Waals surface area (Å²) in [7, 11) is 1.75. The summed E-state index contributed by atoms with van der Waals surface area (Å²) in [5.41, 5.74) is 0.502. The summed E-state index contributed by atoms with van der Waals surface area (Å²) in [6.45, 7) is 2.93. The lowest BCUT2D eigenvalue weighted by atomic mass is 10.2. The Kier molecular flexibility index (Phi) is 5.10. The molecule has 1 aliphatic rings. The van der Waals surface area contributed by atoms with Crippen LogP contribution in [0.3, 0.4) is 0 Å². The number of carbonyl (C=O) groups excluding carboxylic acids is 1. The zero-order chi connectivity index (χ0) is 19.8. The van der Waals surface area contributed by atoms with E-state index in [1.54, 1.807) is 24.1 Å². The average molecular weight is 444 g/mol. The summed E-state index contributed by atoms with van der Waals surface area (Å²) >= 11 is 3.38. The van der Waals surface area contributed by atoms with Gasteiger partial charge >= 0.3 is 0 Å². The number of carbonyl (C=O) groups is 1. The summed E-state index contributed by atoms with van der Waals surface area (Å²) in [6, 6.07) is 9.36. The van der Waals surface area contributed by atoms with Gasteiger partial charge in [-0.05, 0) is 42.7 Å². The quantitative estimate of drug-likeness (QED) is 0.578. The van der Waals surface area contributed by atoms with Crippen molar-refractivity contribution in [3.05, 3.63) is 63.0 Å². The first kappa shape index (κ1) is 18.9. The highest BCUT2D eigenvalue weighted by Gasteiger charge is 2.36. The summed E-state index contributed by atoms with van der Waals surface area (Å²) in [5, 5.41) is 0.537. The maximum Gasteiger partial charge on any atom is 0.261 e. The van der Waals surface area contributed by atoms with E-state index in [9.17, 15) is 9.59 Å². The number of halogens is 1. The van der Waals surface area contributed by atoms with Crippen LogP contribution in [0.2, 0.25) is 0 Å². The van der Waals surface area contributed by atoms with Crippen molar-refractivity contribution in [1.29, 1.82) is 0 Å². The molecule has 0 saturated heterocycles. The molecule has 3 aromatic rings. The predicted molar refractivity (Wildman–Crippen MR) is 110 cm³/mol. The lowest BCUT2D eigenvalue weighted by molar-refractivity contribution is -0.130. The molecule has 28 heavy (non-hydrogen) atoms. The van der Waals surface area contributed by atoms with Crippen molar-refractivity contribution < 1.29 is 9.21 Å². The Bertz CT molecular complexity index is 1090. The maximum absolute atomic E-state index is 12.6. The average Bonchev–Trinajstić information content (AvgIpc) is 3.22. The number of hydrogen-bond acceptors (Lipinski definition) is 4. The van der Waals surface area contributed by atoms with E-state index in [4.69, 9.17) is 4.42 Å². The molecule has 1 saturated carbocycles. The molecule has 0 spiro atoms. The molecule has 6 nitrogen and oxygen atoms in total. The van der Waals surface area contributed by atoms with E-state index in [0.29, 0.717) is 35.8 Å². The fourth-order valence-corrected chi connectivity index (χ4v) is 3.78. The minimum Gasteiger partial charge on any atom is -0.464 e. The number of rotatable bonds is 6. The Balaban J connectivity index is 1.38. The monoisotopic (exact) mass is 443 g/mol. The Labute approximate surface area is 171 Å². The topological polar surface area (TPSA) is 68.3 Å². The SMILES string of the molecule is CC1CC1c1ccc(CN(C)C(=O)CCn2cnc3ccc(Br)cc3c2=O)o1. The largest absolute Gasteiger partial charge is 0.464 e. The van der Waals surface area contributed by atoms with Crippen LogP contribution in [0.25, 0.3) is 10.9 Å². The van der Waals surface area contributed by atoms with Gasteiger partial charge in [0.05, 0.1) is 23.8 Å². The van der Waals surface area contributed by atoms with Crippen molar-refractivity contribution in [3.63, 3.8) is 0 Å². The molecule has 1 aliphatic carbocycles. The molecule has 1 fully saturated rings. The highest BCUT2D eigenvalue weighted by molar-refractivity contribution is 9.10. The van der Waals surface area contributed by atoms with E-state index in [0.717, 1.165) is 16.0 Å². The third-order valence-electron chi connectivity index (χ3n) is 5.33. The Morgan fingerprint density at radius 3 is 2.89 bits per heavy atom. The van der Waals surface area contributed by atoms with Crippen LogP contribution >= 0.6 is 15.9 Å². The van der Waals surface area contributed by atoms with Crippen LogP contribution in [0.1, 0.15) is 37.2 Å². The van der Waals surface area contributed by atoms with Gasteiger partial charge in [0.1, 0.15) is 11.5 Å². The lowest BCUT2D eigenvalue weighted by Crippen LogP contribution is -2.29. The van der Waals surface area contributed by atoms with Crippen molar-refractivity contribution >= 4 is 32.7 Å². The van der Waals surface area contributed by atoms with Crippen LogP contribution in [-0.2, 0) is 17.9 Å². The van der Waals surface area contributed by atoms with Gasteiger partial charge in [-0.1, -0.05) is 22.9 Å². The van der Waals surface area contributed by atoms with E-state index >= 15 is 0 Å². The Hall–Kier alpha value is -2.41. The molecule has 1 aromatic carbocycles. The first-order chi connectivity index (χ1) is 13.4. The van der Waals surface area contributed by atoms with Gasteiger partial charge in [0.15, 0.2) is 0 Å². The van der Waals surface area contributed by atoms with Crippen molar-refractivity contribution in [2.24, 2.45) is 5.92 Å². The number of furan rings is 1. The lowest BCUT2D eigenvalue weighted by Gasteiger charge is -2.16. The zero-order valence-corrected chi connectivity index (χ0v) is 17.5. The molecule has 0 N–H and O–H groups in total. The van der Waals surface area contributed by atoms with Gasteiger partial charge in [0, 0.05) is 30.4 Å². The van der Waals surface area contributed by atoms with Crippen molar-refractivity contribution in [1.82, 2.24) is 14.5 Å². The Morgan fingerprint density at radius 2 is 2.14 bits per heavy atom. The molecule has 0 bridgehead atoms. The van der Waals surface area contributed by atoms with E-state index < -0.39 is 0 Å². The summed E-state index contributed by atoms with van der Waals surface area (Å²) in [5.74, 6) is 2.98. The number of fused-ring (bicyclic) bond motifs is 1. The molecular formula is C21H22BrN3O3. The second kappa shape index (κ2) is 7.54. The van der Waals surface area contributed by atoms with Crippen LogP contribution in [0.5, 0.6) is 0 Å². The van der Waals surface area contributed by atoms with Gasteiger partial charge in [-0.2, -0.15) is 0 Å². The smallest absolute Gasteiger partial charge is 0.261 e. The normalized spacial score (nSPS) is 18.4. The fourth-order valence-electron chi connectivity index (χ4n) is 3.42. The maximum atomic E-state index is 12.6. The van der Waals surface area contributed by atoms with Gasteiger partial charge in [0.25, 0.3) is 5.56 Å². The van der Waals surface area contributed by atoms with E-state index in [-0.39, 0.29) is 17.9 Å². The molecule has 2 unspecified atom stereocenters. The molecular weight excluding hydrogens is 422 g/mol. The number of nitrogens with zero attached hydrogens (tertiary/aromatic N) is 3. The van der Waals surface area contributed by atoms with E-state index in [1.807, 2.05) is 18.2 Å². The van der Waals surface area contributed by atoms with Gasteiger partial charge in [-0.25, -0.2) is 4.98 Å². The molecule has 2 atom stereocenters. The van der Waals surface area contributed by atoms with Gasteiger partial charge in [-0.3, -0.25) is 14.2 Å². The summed E-state index contributed by atoms with van der Waals surface area (Å²) in [6.07, 6.45) is 2.90. The second-order valence-electron chi connectivity index (χ2n) is 7.53. The van der Waals surface area contributed by atoms with Crippen molar-refractivity contribution in [2.45, 2.75) is 38.8 Å². The van der Waals surface area contributed by atoms with Crippen LogP contribution < -0.4 is 5.56 Å². The highest BCUT2D eigenvalue weighted by Crippen LogP contribution is 2.47.